The lowest BCUT2D eigenvalue weighted by Crippen LogP contribution is -2.50. The Kier molecular flexibility index (Phi) is 5.32. The van der Waals surface area contributed by atoms with Crippen molar-refractivity contribution in [1.29, 1.82) is 0 Å². The van der Waals surface area contributed by atoms with Gasteiger partial charge in [0.15, 0.2) is 0 Å². The molecule has 0 saturated carbocycles. The van der Waals surface area contributed by atoms with Crippen LogP contribution in [-0.2, 0) is 12.8 Å². The number of pyridine rings is 1. The highest BCUT2D eigenvalue weighted by molar-refractivity contribution is 6.35. The summed E-state index contributed by atoms with van der Waals surface area (Å²) in [5.74, 6) is -0.0820. The zero-order valence-corrected chi connectivity index (χ0v) is 18.4. The van der Waals surface area contributed by atoms with Gasteiger partial charge in [-0.3, -0.25) is 14.6 Å². The van der Waals surface area contributed by atoms with Gasteiger partial charge >= 0.3 is 0 Å². The van der Waals surface area contributed by atoms with Gasteiger partial charge in [-0.2, -0.15) is 0 Å². The Hall–Kier alpha value is -2.63. The van der Waals surface area contributed by atoms with Crippen molar-refractivity contribution in [3.8, 4) is 0 Å². The molecule has 0 spiro atoms. The molecular weight excluding hydrogens is 433 g/mol. The Balaban J connectivity index is 1.37. The maximum Gasteiger partial charge on any atom is 0.255 e. The number of rotatable bonds is 2. The molecule has 7 heteroatoms. The van der Waals surface area contributed by atoms with Crippen molar-refractivity contribution in [2.24, 2.45) is 0 Å². The monoisotopic (exact) mass is 453 g/mol. The van der Waals surface area contributed by atoms with E-state index < -0.39 is 0 Å². The summed E-state index contributed by atoms with van der Waals surface area (Å²) in [7, 11) is 0. The highest BCUT2D eigenvalue weighted by Crippen LogP contribution is 2.31. The minimum atomic E-state index is -0.119. The van der Waals surface area contributed by atoms with Gasteiger partial charge in [-0.05, 0) is 49.1 Å². The molecule has 0 N–H and O–H groups in total. The van der Waals surface area contributed by atoms with E-state index in [4.69, 9.17) is 28.2 Å². The van der Waals surface area contributed by atoms with Gasteiger partial charge in [-0.15, -0.1) is 0 Å². The molecule has 1 aliphatic heterocycles. The summed E-state index contributed by atoms with van der Waals surface area (Å²) in [6, 6.07) is 12.7. The van der Waals surface area contributed by atoms with E-state index in [0.29, 0.717) is 41.8 Å². The summed E-state index contributed by atoms with van der Waals surface area (Å²) >= 11 is 12.1. The largest absolute Gasteiger partial charge is 0.335 e. The summed E-state index contributed by atoms with van der Waals surface area (Å²) in [6.45, 7) is 1.93. The highest BCUT2D eigenvalue weighted by Gasteiger charge is 2.30. The number of hydrogen-bond donors (Lipinski definition) is 0. The van der Waals surface area contributed by atoms with Crippen LogP contribution in [0.5, 0.6) is 0 Å². The Morgan fingerprint density at radius 2 is 1.48 bits per heavy atom. The van der Waals surface area contributed by atoms with Gasteiger partial charge in [-0.1, -0.05) is 41.4 Å². The number of aromatic nitrogens is 1. The van der Waals surface area contributed by atoms with Gasteiger partial charge in [0.1, 0.15) is 0 Å². The maximum atomic E-state index is 13.6. The van der Waals surface area contributed by atoms with Crippen LogP contribution < -0.4 is 0 Å². The van der Waals surface area contributed by atoms with Crippen LogP contribution in [0.25, 0.3) is 10.9 Å². The number of piperazine rings is 1. The third-order valence-corrected chi connectivity index (χ3v) is 6.53. The predicted molar refractivity (Wildman–Crippen MR) is 122 cm³/mol. The molecule has 158 valence electrons. The Labute approximate surface area is 190 Å². The number of aryl methyl sites for hydroxylation is 1. The van der Waals surface area contributed by atoms with Crippen molar-refractivity contribution >= 4 is 45.9 Å². The second-order valence-corrected chi connectivity index (χ2v) is 8.90. The van der Waals surface area contributed by atoms with Crippen LogP contribution in [0.15, 0.2) is 42.5 Å². The quantitative estimate of drug-likeness (QED) is 0.568. The van der Waals surface area contributed by atoms with E-state index in [2.05, 4.69) is 0 Å². The van der Waals surface area contributed by atoms with E-state index in [1.807, 2.05) is 29.2 Å². The Morgan fingerprint density at radius 1 is 0.839 bits per heavy atom. The number of carbonyl (C=O) groups excluding carboxylic acids is 2. The van der Waals surface area contributed by atoms with Gasteiger partial charge < -0.3 is 9.80 Å². The maximum absolute atomic E-state index is 13.6. The number of amides is 2. The average Bonchev–Trinajstić information content (AvgIpc) is 3.24. The molecule has 0 bridgehead atoms. The summed E-state index contributed by atoms with van der Waals surface area (Å²) in [6.07, 6.45) is 2.84. The van der Waals surface area contributed by atoms with Gasteiger partial charge in [0, 0.05) is 52.9 Å². The lowest BCUT2D eigenvalue weighted by Gasteiger charge is -2.35. The summed E-state index contributed by atoms with van der Waals surface area (Å²) in [4.78, 5) is 34.8. The molecule has 5 rings (SSSR count). The molecule has 0 unspecified atom stereocenters. The molecule has 1 aromatic heterocycles. The van der Waals surface area contributed by atoms with Crippen LogP contribution in [0.2, 0.25) is 10.0 Å². The first kappa shape index (κ1) is 20.3. The van der Waals surface area contributed by atoms with Crippen LogP contribution in [0.1, 0.15) is 38.4 Å². The molecule has 0 atom stereocenters. The van der Waals surface area contributed by atoms with Crippen molar-refractivity contribution in [3.63, 3.8) is 0 Å². The summed E-state index contributed by atoms with van der Waals surface area (Å²) < 4.78 is 0. The van der Waals surface area contributed by atoms with E-state index in [1.54, 1.807) is 23.1 Å². The first-order valence-corrected chi connectivity index (χ1v) is 11.2. The second-order valence-electron chi connectivity index (χ2n) is 8.03. The SMILES string of the molecule is O=C(c1cc(Cl)cc(Cl)c1)N1CCN(C(=O)c2c3c(nc4ccccc24)CCC3)CC1. The number of halogens is 2. The number of carbonyl (C=O) groups is 2. The zero-order valence-electron chi connectivity index (χ0n) is 16.9. The molecule has 2 aliphatic rings. The molecule has 1 fully saturated rings. The molecule has 2 aromatic carbocycles. The van der Waals surface area contributed by atoms with Gasteiger partial charge in [0.05, 0.1) is 11.1 Å². The van der Waals surface area contributed by atoms with E-state index >= 15 is 0 Å². The van der Waals surface area contributed by atoms with E-state index in [-0.39, 0.29) is 11.8 Å². The normalized spacial score (nSPS) is 15.9. The number of nitrogens with zero attached hydrogens (tertiary/aromatic N) is 3. The van der Waals surface area contributed by atoms with Crippen LogP contribution in [0, 0.1) is 0 Å². The van der Waals surface area contributed by atoms with Crippen LogP contribution in [0.3, 0.4) is 0 Å². The topological polar surface area (TPSA) is 53.5 Å². The second kappa shape index (κ2) is 8.13. The van der Waals surface area contributed by atoms with Crippen molar-refractivity contribution in [3.05, 3.63) is 74.9 Å². The minimum Gasteiger partial charge on any atom is -0.335 e. The van der Waals surface area contributed by atoms with Gasteiger partial charge in [0.25, 0.3) is 11.8 Å². The minimum absolute atomic E-state index is 0.0367. The molecule has 1 aliphatic carbocycles. The van der Waals surface area contributed by atoms with Gasteiger partial charge in [-0.25, -0.2) is 0 Å². The number of para-hydroxylation sites is 1. The molecule has 2 amide bonds. The van der Waals surface area contributed by atoms with Crippen LogP contribution in [-0.4, -0.2) is 52.8 Å². The van der Waals surface area contributed by atoms with E-state index in [9.17, 15) is 9.59 Å². The third kappa shape index (κ3) is 3.77. The summed E-state index contributed by atoms with van der Waals surface area (Å²) in [5, 5.41) is 1.78. The number of fused-ring (bicyclic) bond motifs is 2. The van der Waals surface area contributed by atoms with Crippen LogP contribution in [0.4, 0.5) is 0 Å². The molecule has 3 aromatic rings. The smallest absolute Gasteiger partial charge is 0.255 e. The summed E-state index contributed by atoms with van der Waals surface area (Å²) in [5.41, 5.74) is 4.28. The Bertz CT molecular complexity index is 1180. The van der Waals surface area contributed by atoms with Crippen molar-refractivity contribution in [1.82, 2.24) is 14.8 Å². The predicted octanol–water partition coefficient (Wildman–Crippen LogP) is 4.63. The molecule has 31 heavy (non-hydrogen) atoms. The fourth-order valence-electron chi connectivity index (χ4n) is 4.59. The number of benzene rings is 2. The first-order valence-electron chi connectivity index (χ1n) is 10.5. The molecule has 5 nitrogen and oxygen atoms in total. The molecule has 0 radical (unpaired) electrons. The highest BCUT2D eigenvalue weighted by atomic mass is 35.5. The average molecular weight is 454 g/mol. The standard InChI is InChI=1S/C24H21Cl2N3O2/c25-16-12-15(13-17(26)14-16)23(30)28-8-10-29(11-9-28)24(31)22-18-4-1-2-6-20(18)27-21-7-3-5-19(21)22/h1-2,4,6,12-14H,3,5,7-11H2. The molecule has 2 heterocycles. The lowest BCUT2D eigenvalue weighted by molar-refractivity contribution is 0.0536. The van der Waals surface area contributed by atoms with Gasteiger partial charge in [0.2, 0.25) is 0 Å². The van der Waals surface area contributed by atoms with Crippen LogP contribution >= 0.6 is 23.2 Å². The van der Waals surface area contributed by atoms with Crippen molar-refractivity contribution in [2.45, 2.75) is 19.3 Å². The molecular formula is C24H21Cl2N3O2. The van der Waals surface area contributed by atoms with Crippen molar-refractivity contribution in [2.75, 3.05) is 26.2 Å². The fraction of sp³-hybridized carbons (Fsp3) is 0.292. The van der Waals surface area contributed by atoms with E-state index in [0.717, 1.165) is 47.0 Å². The van der Waals surface area contributed by atoms with E-state index in [1.165, 1.54) is 0 Å². The number of hydrogen-bond acceptors (Lipinski definition) is 3. The molecule has 1 saturated heterocycles. The van der Waals surface area contributed by atoms with Crippen molar-refractivity contribution < 1.29 is 9.59 Å². The fourth-order valence-corrected chi connectivity index (χ4v) is 5.11. The third-order valence-electron chi connectivity index (χ3n) is 6.10. The zero-order chi connectivity index (χ0) is 21.5. The first-order chi connectivity index (χ1) is 15.0. The Morgan fingerprint density at radius 3 is 2.19 bits per heavy atom. The lowest BCUT2D eigenvalue weighted by atomic mass is 9.99.